The second-order valence-electron chi connectivity index (χ2n) is 6.50. The number of hydrogen-bond acceptors (Lipinski definition) is 5. The zero-order valence-corrected chi connectivity index (χ0v) is 15.7. The molecular formula is C18H23ClN4O2. The smallest absolute Gasteiger partial charge is 0.294 e. The number of nitrogens with one attached hydrogen (secondary N) is 1. The van der Waals surface area contributed by atoms with Gasteiger partial charge >= 0.3 is 0 Å². The van der Waals surface area contributed by atoms with Crippen LogP contribution in [0.2, 0.25) is 5.15 Å². The van der Waals surface area contributed by atoms with Crippen LogP contribution in [0.15, 0.2) is 17.1 Å². The van der Waals surface area contributed by atoms with Crippen LogP contribution in [0.1, 0.15) is 44.0 Å². The van der Waals surface area contributed by atoms with E-state index in [9.17, 15) is 4.79 Å². The minimum Gasteiger partial charge on any atom is -0.478 e. The zero-order chi connectivity index (χ0) is 18.1. The van der Waals surface area contributed by atoms with Crippen molar-refractivity contribution < 1.29 is 4.74 Å². The molecule has 0 spiro atoms. The number of nitrogens with zero attached hydrogens (tertiary/aromatic N) is 3. The van der Waals surface area contributed by atoms with E-state index in [1.54, 1.807) is 10.8 Å². The van der Waals surface area contributed by atoms with Crippen LogP contribution in [0.4, 0.5) is 11.5 Å². The van der Waals surface area contributed by atoms with Crippen LogP contribution in [0.25, 0.3) is 0 Å². The van der Waals surface area contributed by atoms with E-state index in [4.69, 9.17) is 16.3 Å². The molecule has 0 aliphatic heterocycles. The summed E-state index contributed by atoms with van der Waals surface area (Å²) in [7, 11) is 0. The fourth-order valence-electron chi connectivity index (χ4n) is 2.89. The molecule has 1 atom stereocenters. The lowest BCUT2D eigenvalue weighted by molar-refractivity contribution is 0.324. The van der Waals surface area contributed by atoms with Crippen molar-refractivity contribution in [3.8, 4) is 5.88 Å². The van der Waals surface area contributed by atoms with Crippen molar-refractivity contribution in [3.63, 3.8) is 0 Å². The third-order valence-corrected chi connectivity index (χ3v) is 4.72. The molecule has 0 radical (unpaired) electrons. The molecule has 1 aliphatic carbocycles. The van der Waals surface area contributed by atoms with Gasteiger partial charge in [0.1, 0.15) is 5.15 Å². The van der Waals surface area contributed by atoms with Crippen molar-refractivity contribution in [1.29, 1.82) is 0 Å². The predicted molar refractivity (Wildman–Crippen MR) is 99.1 cm³/mol. The summed E-state index contributed by atoms with van der Waals surface area (Å²) in [5.41, 5.74) is 2.17. The van der Waals surface area contributed by atoms with Crippen molar-refractivity contribution in [3.05, 3.63) is 39.0 Å². The van der Waals surface area contributed by atoms with Crippen LogP contribution in [-0.4, -0.2) is 21.1 Å². The van der Waals surface area contributed by atoms with Crippen LogP contribution in [0.5, 0.6) is 5.88 Å². The van der Waals surface area contributed by atoms with Gasteiger partial charge in [0.25, 0.3) is 5.56 Å². The van der Waals surface area contributed by atoms with Crippen molar-refractivity contribution in [1.82, 2.24) is 14.5 Å². The van der Waals surface area contributed by atoms with Gasteiger partial charge in [0.2, 0.25) is 5.88 Å². The molecule has 1 N–H and O–H groups in total. The number of rotatable bonds is 6. The maximum Gasteiger partial charge on any atom is 0.294 e. The van der Waals surface area contributed by atoms with E-state index in [1.807, 2.05) is 33.8 Å². The van der Waals surface area contributed by atoms with E-state index in [2.05, 4.69) is 15.3 Å². The van der Waals surface area contributed by atoms with E-state index < -0.39 is 0 Å². The highest BCUT2D eigenvalue weighted by molar-refractivity contribution is 6.29. The third kappa shape index (κ3) is 3.79. The average Bonchev–Trinajstić information content (AvgIpc) is 3.39. The molecule has 0 saturated heterocycles. The number of pyridine rings is 1. The number of aryl methyl sites for hydroxylation is 2. The Balaban J connectivity index is 1.95. The lowest BCUT2D eigenvalue weighted by atomic mass is 10.2. The summed E-state index contributed by atoms with van der Waals surface area (Å²) >= 11 is 6.15. The summed E-state index contributed by atoms with van der Waals surface area (Å²) in [5, 5.41) is 3.39. The average molecular weight is 363 g/mol. The van der Waals surface area contributed by atoms with Crippen LogP contribution in [-0.2, 0) is 0 Å². The minimum atomic E-state index is -0.172. The SMILES string of the molecule is CCOc1nc(C)c(Nc2nc(Cl)cn([C@H](C)C3CC3)c2=O)cc1C. The highest BCUT2D eigenvalue weighted by Gasteiger charge is 2.30. The lowest BCUT2D eigenvalue weighted by Crippen LogP contribution is -2.27. The van der Waals surface area contributed by atoms with Gasteiger partial charge in [-0.2, -0.15) is 0 Å². The molecule has 0 unspecified atom stereocenters. The van der Waals surface area contributed by atoms with E-state index in [0.717, 1.165) is 29.8 Å². The minimum absolute atomic E-state index is 0.120. The van der Waals surface area contributed by atoms with Gasteiger partial charge in [0.05, 0.1) is 18.0 Å². The van der Waals surface area contributed by atoms with Crippen LogP contribution in [0, 0.1) is 19.8 Å². The second-order valence-corrected chi connectivity index (χ2v) is 6.89. The molecule has 6 nitrogen and oxygen atoms in total. The standard InChI is InChI=1S/C18H23ClN4O2/c1-5-25-17-10(2)8-14(11(3)20-17)21-16-18(24)23(9-15(19)22-16)12(4)13-6-7-13/h8-9,12-13H,5-7H2,1-4H3,(H,21,22)/t12-/m1/s1. The van der Waals surface area contributed by atoms with E-state index >= 15 is 0 Å². The summed E-state index contributed by atoms with van der Waals surface area (Å²) in [4.78, 5) is 21.4. The molecular weight excluding hydrogens is 340 g/mol. The highest BCUT2D eigenvalue weighted by atomic mass is 35.5. The molecule has 0 amide bonds. The van der Waals surface area contributed by atoms with Gasteiger partial charge in [-0.05, 0) is 52.5 Å². The van der Waals surface area contributed by atoms with Gasteiger partial charge in [0, 0.05) is 17.8 Å². The third-order valence-electron chi connectivity index (χ3n) is 4.54. The van der Waals surface area contributed by atoms with Gasteiger partial charge in [-0.25, -0.2) is 9.97 Å². The summed E-state index contributed by atoms with van der Waals surface area (Å²) in [5.74, 6) is 1.36. The Morgan fingerprint density at radius 2 is 2.12 bits per heavy atom. The molecule has 1 saturated carbocycles. The first-order chi connectivity index (χ1) is 11.9. The second kappa shape index (κ2) is 7.04. The molecule has 3 rings (SSSR count). The Bertz CT molecular complexity index is 846. The molecule has 0 aromatic carbocycles. The normalized spacial score (nSPS) is 15.1. The Morgan fingerprint density at radius 1 is 1.40 bits per heavy atom. The Labute approximate surface area is 152 Å². The predicted octanol–water partition coefficient (Wildman–Crippen LogP) is 4.02. The van der Waals surface area contributed by atoms with E-state index in [0.29, 0.717) is 23.6 Å². The fraction of sp³-hybridized carbons (Fsp3) is 0.500. The number of hydrogen-bond donors (Lipinski definition) is 1. The molecule has 7 heteroatoms. The van der Waals surface area contributed by atoms with Gasteiger partial charge < -0.3 is 14.6 Å². The first-order valence-corrected chi connectivity index (χ1v) is 8.95. The number of anilines is 2. The Kier molecular flexibility index (Phi) is 4.99. The maximum absolute atomic E-state index is 12.8. The molecule has 1 fully saturated rings. The van der Waals surface area contributed by atoms with Crippen molar-refractivity contribution >= 4 is 23.1 Å². The van der Waals surface area contributed by atoms with Crippen molar-refractivity contribution in [2.45, 2.75) is 46.6 Å². The first-order valence-electron chi connectivity index (χ1n) is 8.57. The summed E-state index contributed by atoms with van der Waals surface area (Å²) in [6.07, 6.45) is 3.92. The van der Waals surface area contributed by atoms with Crippen LogP contribution < -0.4 is 15.6 Å². The monoisotopic (exact) mass is 362 g/mol. The molecule has 0 bridgehead atoms. The van der Waals surface area contributed by atoms with Gasteiger partial charge in [-0.1, -0.05) is 11.6 Å². The van der Waals surface area contributed by atoms with E-state index in [-0.39, 0.29) is 17.4 Å². The van der Waals surface area contributed by atoms with Crippen LogP contribution >= 0.6 is 11.6 Å². The molecule has 2 heterocycles. The molecule has 1 aliphatic rings. The molecule has 2 aromatic heterocycles. The van der Waals surface area contributed by atoms with Gasteiger partial charge in [-0.15, -0.1) is 0 Å². The first kappa shape index (κ1) is 17.7. The number of halogens is 1. The van der Waals surface area contributed by atoms with Gasteiger partial charge in [-0.3, -0.25) is 4.79 Å². The topological polar surface area (TPSA) is 69.0 Å². The maximum atomic E-state index is 12.8. The fourth-order valence-corrected chi connectivity index (χ4v) is 3.08. The Hall–Kier alpha value is -2.08. The molecule has 134 valence electrons. The number of aromatic nitrogens is 3. The highest BCUT2D eigenvalue weighted by Crippen LogP contribution is 2.39. The molecule has 25 heavy (non-hydrogen) atoms. The van der Waals surface area contributed by atoms with Crippen molar-refractivity contribution in [2.75, 3.05) is 11.9 Å². The van der Waals surface area contributed by atoms with Gasteiger partial charge in [0.15, 0.2) is 5.82 Å². The lowest BCUT2D eigenvalue weighted by Gasteiger charge is -2.17. The summed E-state index contributed by atoms with van der Waals surface area (Å²) < 4.78 is 7.19. The zero-order valence-electron chi connectivity index (χ0n) is 15.0. The number of ether oxygens (including phenoxy) is 1. The quantitative estimate of drug-likeness (QED) is 0.840. The largest absolute Gasteiger partial charge is 0.478 e. The molecule has 2 aromatic rings. The summed E-state index contributed by atoms with van der Waals surface area (Å²) in [6.45, 7) is 8.30. The summed E-state index contributed by atoms with van der Waals surface area (Å²) in [6, 6.07) is 2.03. The van der Waals surface area contributed by atoms with Crippen molar-refractivity contribution in [2.24, 2.45) is 5.92 Å². The Morgan fingerprint density at radius 3 is 2.76 bits per heavy atom. The van der Waals surface area contributed by atoms with E-state index in [1.165, 1.54) is 0 Å². The van der Waals surface area contributed by atoms with Crippen LogP contribution in [0.3, 0.4) is 0 Å².